The van der Waals surface area contributed by atoms with Crippen molar-refractivity contribution in [1.82, 2.24) is 0 Å². The van der Waals surface area contributed by atoms with Gasteiger partial charge in [-0.1, -0.05) is 29.8 Å². The molecule has 0 aromatic heterocycles. The van der Waals surface area contributed by atoms with Crippen LogP contribution in [0.2, 0.25) is 5.02 Å². The number of hydrogen-bond donors (Lipinski definition) is 1. The van der Waals surface area contributed by atoms with Crippen molar-refractivity contribution in [3.8, 4) is 11.5 Å². The molecule has 3 aromatic carbocycles. The Morgan fingerprint density at radius 2 is 1.79 bits per heavy atom. The summed E-state index contributed by atoms with van der Waals surface area (Å²) in [5, 5.41) is 9.22. The number of rotatable bonds is 10. The molecule has 1 aliphatic heterocycles. The van der Waals surface area contributed by atoms with E-state index in [-0.39, 0.29) is 17.1 Å². The molecule has 0 radical (unpaired) electrons. The molecule has 38 heavy (non-hydrogen) atoms. The van der Waals surface area contributed by atoms with Gasteiger partial charge in [-0.15, -0.1) is 6.58 Å². The van der Waals surface area contributed by atoms with E-state index in [4.69, 9.17) is 26.2 Å². The van der Waals surface area contributed by atoms with E-state index < -0.39 is 17.1 Å². The van der Waals surface area contributed by atoms with Gasteiger partial charge in [0.2, 0.25) is 0 Å². The summed E-state index contributed by atoms with van der Waals surface area (Å²) in [6.07, 6.45) is 3.86. The number of carboxylic acids is 1. The second-order valence-corrected chi connectivity index (χ2v) is 9.65. The lowest BCUT2D eigenvalue weighted by atomic mass is 10.0. The Bertz CT molecular complexity index is 1420. The van der Waals surface area contributed by atoms with E-state index in [0.717, 1.165) is 27.8 Å². The number of carboxylic acid groups (broad SMARTS) is 1. The van der Waals surface area contributed by atoms with E-state index in [1.165, 1.54) is 12.1 Å². The van der Waals surface area contributed by atoms with E-state index >= 15 is 0 Å². The number of benzene rings is 3. The van der Waals surface area contributed by atoms with Crippen LogP contribution < -0.4 is 14.4 Å². The zero-order valence-electron chi connectivity index (χ0n) is 20.5. The van der Waals surface area contributed by atoms with E-state index in [2.05, 4.69) is 6.58 Å². The Balaban J connectivity index is 1.63. The van der Waals surface area contributed by atoms with Crippen LogP contribution in [0.5, 0.6) is 11.5 Å². The van der Waals surface area contributed by atoms with Crippen molar-refractivity contribution < 1.29 is 29.0 Å². The summed E-state index contributed by atoms with van der Waals surface area (Å²) < 4.78 is 12.0. The summed E-state index contributed by atoms with van der Waals surface area (Å²) in [5.74, 6) is -0.403. The largest absolute Gasteiger partial charge is 0.490 e. The first-order valence-corrected chi connectivity index (χ1v) is 12.9. The van der Waals surface area contributed by atoms with Gasteiger partial charge in [0.15, 0.2) is 11.5 Å². The fourth-order valence-corrected chi connectivity index (χ4v) is 4.80. The number of imide groups is 1. The Morgan fingerprint density at radius 1 is 1.08 bits per heavy atom. The molecule has 7 nitrogen and oxygen atoms in total. The zero-order chi connectivity index (χ0) is 27.2. The minimum Gasteiger partial charge on any atom is -0.490 e. The number of allylic oxidation sites excluding steroid dienone is 1. The number of anilines is 1. The molecule has 0 bridgehead atoms. The van der Waals surface area contributed by atoms with E-state index in [1.807, 2.05) is 13.0 Å². The fraction of sp³-hybridized carbons (Fsp3) is 0.138. The fourth-order valence-electron chi connectivity index (χ4n) is 3.83. The standard InChI is InChI=1S/C29H24ClNO6S/c1-3-5-21-14-19(16-25-27(32)31(29(35)38-25)23-12-10-22(30)11-13-23)15-24(36-4-2)26(21)37-17-18-6-8-20(9-7-18)28(33)34/h3,6-16H,1,4-5,17H2,2H3,(H,33,34)/b25-16+. The predicted octanol–water partition coefficient (Wildman–Crippen LogP) is 6.99. The zero-order valence-corrected chi connectivity index (χ0v) is 22.1. The van der Waals surface area contributed by atoms with Crippen molar-refractivity contribution in [2.45, 2.75) is 20.0 Å². The number of nitrogens with zero attached hydrogens (tertiary/aromatic N) is 1. The number of hydrogen-bond acceptors (Lipinski definition) is 6. The van der Waals surface area contributed by atoms with E-state index in [1.54, 1.807) is 54.6 Å². The van der Waals surface area contributed by atoms with Crippen LogP contribution in [-0.4, -0.2) is 28.8 Å². The third-order valence-electron chi connectivity index (χ3n) is 5.58. The molecule has 1 N–H and O–H groups in total. The number of aromatic carboxylic acids is 1. The van der Waals surface area contributed by atoms with Gasteiger partial charge in [-0.2, -0.15) is 0 Å². The Kier molecular flexibility index (Phi) is 8.55. The van der Waals surface area contributed by atoms with Crippen LogP contribution in [-0.2, 0) is 17.8 Å². The molecule has 0 spiro atoms. The lowest BCUT2D eigenvalue weighted by Crippen LogP contribution is -2.27. The minimum absolute atomic E-state index is 0.195. The van der Waals surface area contributed by atoms with Gasteiger partial charge in [0.1, 0.15) is 6.61 Å². The highest BCUT2D eigenvalue weighted by Crippen LogP contribution is 2.39. The van der Waals surface area contributed by atoms with Gasteiger partial charge < -0.3 is 14.6 Å². The van der Waals surface area contributed by atoms with Crippen molar-refractivity contribution >= 4 is 52.2 Å². The molecular formula is C29H24ClNO6S. The summed E-state index contributed by atoms with van der Waals surface area (Å²) in [7, 11) is 0. The highest BCUT2D eigenvalue weighted by atomic mass is 35.5. The predicted molar refractivity (Wildman–Crippen MR) is 149 cm³/mol. The molecule has 1 heterocycles. The van der Waals surface area contributed by atoms with Crippen LogP contribution in [0.4, 0.5) is 10.5 Å². The average Bonchev–Trinajstić information content (AvgIpc) is 3.17. The van der Waals surface area contributed by atoms with Gasteiger partial charge in [0.05, 0.1) is 22.8 Å². The molecule has 4 rings (SSSR count). The van der Waals surface area contributed by atoms with Crippen molar-refractivity contribution in [2.24, 2.45) is 0 Å². The summed E-state index contributed by atoms with van der Waals surface area (Å²) in [6, 6.07) is 16.6. The number of carbonyl (C=O) groups is 3. The highest BCUT2D eigenvalue weighted by Gasteiger charge is 2.36. The Hall–Kier alpha value is -4.01. The van der Waals surface area contributed by atoms with Crippen LogP contribution in [0, 0.1) is 0 Å². The summed E-state index contributed by atoms with van der Waals surface area (Å²) in [5.41, 5.74) is 2.90. The number of amides is 2. The van der Waals surface area contributed by atoms with Gasteiger partial charge in [-0.25, -0.2) is 9.69 Å². The maximum Gasteiger partial charge on any atom is 0.335 e. The maximum absolute atomic E-state index is 13.1. The second kappa shape index (κ2) is 12.0. The molecule has 9 heteroatoms. The lowest BCUT2D eigenvalue weighted by molar-refractivity contribution is -0.113. The van der Waals surface area contributed by atoms with Crippen LogP contribution >= 0.6 is 23.4 Å². The molecule has 194 valence electrons. The minimum atomic E-state index is -0.994. The van der Waals surface area contributed by atoms with Crippen LogP contribution in [0.15, 0.2) is 78.2 Å². The Labute approximate surface area is 229 Å². The molecule has 0 saturated carbocycles. The van der Waals surface area contributed by atoms with Crippen LogP contribution in [0.25, 0.3) is 6.08 Å². The van der Waals surface area contributed by atoms with E-state index in [9.17, 15) is 14.4 Å². The lowest BCUT2D eigenvalue weighted by Gasteiger charge is -2.17. The van der Waals surface area contributed by atoms with Crippen molar-refractivity contribution in [3.63, 3.8) is 0 Å². The van der Waals surface area contributed by atoms with Crippen molar-refractivity contribution in [2.75, 3.05) is 11.5 Å². The van der Waals surface area contributed by atoms with Gasteiger partial charge in [-0.3, -0.25) is 9.59 Å². The monoisotopic (exact) mass is 549 g/mol. The van der Waals surface area contributed by atoms with Crippen molar-refractivity contribution in [1.29, 1.82) is 0 Å². The SMILES string of the molecule is C=CCc1cc(/C=C2/SC(=O)N(c3ccc(Cl)cc3)C2=O)cc(OCC)c1OCc1ccc(C(=O)O)cc1. The molecule has 3 aromatic rings. The number of thioether (sulfide) groups is 1. The van der Waals surface area contributed by atoms with Gasteiger partial charge in [0.25, 0.3) is 11.1 Å². The van der Waals surface area contributed by atoms with Gasteiger partial charge in [-0.05, 0) is 90.8 Å². The van der Waals surface area contributed by atoms with Gasteiger partial charge in [0, 0.05) is 10.6 Å². The first kappa shape index (κ1) is 27.0. The first-order valence-electron chi connectivity index (χ1n) is 11.7. The van der Waals surface area contributed by atoms with E-state index in [0.29, 0.717) is 40.8 Å². The van der Waals surface area contributed by atoms with Gasteiger partial charge >= 0.3 is 5.97 Å². The average molecular weight is 550 g/mol. The molecule has 1 fully saturated rings. The molecule has 1 aliphatic rings. The highest BCUT2D eigenvalue weighted by molar-refractivity contribution is 8.19. The quantitative estimate of drug-likeness (QED) is 0.215. The molecule has 0 unspecified atom stereocenters. The number of ether oxygens (including phenoxy) is 2. The topological polar surface area (TPSA) is 93.1 Å². The number of carbonyl (C=O) groups excluding carboxylic acids is 2. The molecule has 0 atom stereocenters. The summed E-state index contributed by atoms with van der Waals surface area (Å²) in [4.78, 5) is 38.3. The molecule has 0 aliphatic carbocycles. The normalized spacial score (nSPS) is 14.2. The summed E-state index contributed by atoms with van der Waals surface area (Å²) in [6.45, 7) is 6.27. The third kappa shape index (κ3) is 6.10. The smallest absolute Gasteiger partial charge is 0.335 e. The first-order chi connectivity index (χ1) is 18.3. The van der Waals surface area contributed by atoms with Crippen LogP contribution in [0.3, 0.4) is 0 Å². The molecule has 1 saturated heterocycles. The third-order valence-corrected chi connectivity index (χ3v) is 6.70. The summed E-state index contributed by atoms with van der Waals surface area (Å²) >= 11 is 6.80. The van der Waals surface area contributed by atoms with Crippen LogP contribution in [0.1, 0.15) is 34.0 Å². The maximum atomic E-state index is 13.1. The molecular weight excluding hydrogens is 526 g/mol. The Morgan fingerprint density at radius 3 is 2.42 bits per heavy atom. The second-order valence-electron chi connectivity index (χ2n) is 8.22. The number of halogens is 1. The molecule has 2 amide bonds. The van der Waals surface area contributed by atoms with Crippen molar-refractivity contribution in [3.05, 3.63) is 106 Å².